The lowest BCUT2D eigenvalue weighted by atomic mass is 9.59. The number of halogens is 1. The molecule has 1 aromatic carbocycles. The van der Waals surface area contributed by atoms with Crippen molar-refractivity contribution in [1.29, 1.82) is 0 Å². The van der Waals surface area contributed by atoms with E-state index in [0.29, 0.717) is 6.04 Å². The van der Waals surface area contributed by atoms with Crippen LogP contribution in [0.15, 0.2) is 66.3 Å². The first-order valence-corrected chi connectivity index (χ1v) is 9.95. The Kier molecular flexibility index (Phi) is 4.89. The van der Waals surface area contributed by atoms with Gasteiger partial charge in [-0.3, -0.25) is 4.98 Å². The van der Waals surface area contributed by atoms with Crippen molar-refractivity contribution in [2.24, 2.45) is 0 Å². The zero-order chi connectivity index (χ0) is 17.1. The first-order chi connectivity index (χ1) is 12.3. The van der Waals surface area contributed by atoms with Gasteiger partial charge in [-0.2, -0.15) is 0 Å². The second-order valence-electron chi connectivity index (χ2n) is 6.70. The highest BCUT2D eigenvalue weighted by molar-refractivity contribution is 7.10. The third kappa shape index (κ3) is 3.37. The second kappa shape index (κ2) is 7.28. The summed E-state index contributed by atoms with van der Waals surface area (Å²) in [4.78, 5) is 5.52. The van der Waals surface area contributed by atoms with Gasteiger partial charge in [-0.1, -0.05) is 36.2 Å². The predicted octanol–water partition coefficient (Wildman–Crippen LogP) is 5.75. The molecule has 2 heterocycles. The van der Waals surface area contributed by atoms with Crippen LogP contribution in [0.4, 0.5) is 0 Å². The predicted molar refractivity (Wildman–Crippen MR) is 105 cm³/mol. The molecule has 1 aliphatic carbocycles. The van der Waals surface area contributed by atoms with Gasteiger partial charge in [0, 0.05) is 34.3 Å². The van der Waals surface area contributed by atoms with Crippen molar-refractivity contribution in [3.8, 4) is 0 Å². The Hall–Kier alpha value is -1.68. The molecule has 1 aliphatic rings. The SMILES string of the molecule is Clc1ccc(C2(C(NCc3ccncc3)c3cccs3)CCC2)cc1. The molecule has 4 heteroatoms. The van der Waals surface area contributed by atoms with E-state index in [0.717, 1.165) is 11.6 Å². The maximum absolute atomic E-state index is 6.12. The van der Waals surface area contributed by atoms with Gasteiger partial charge in [0.05, 0.1) is 6.04 Å². The van der Waals surface area contributed by atoms with Crippen molar-refractivity contribution in [3.63, 3.8) is 0 Å². The summed E-state index contributed by atoms with van der Waals surface area (Å²) in [6.07, 6.45) is 7.41. The number of aromatic nitrogens is 1. The number of hydrogen-bond acceptors (Lipinski definition) is 3. The molecule has 0 bridgehead atoms. The Morgan fingerprint density at radius 2 is 1.84 bits per heavy atom. The van der Waals surface area contributed by atoms with Crippen molar-refractivity contribution in [3.05, 3.63) is 87.3 Å². The van der Waals surface area contributed by atoms with Crippen LogP contribution < -0.4 is 5.32 Å². The summed E-state index contributed by atoms with van der Waals surface area (Å²) < 4.78 is 0. The molecule has 0 spiro atoms. The van der Waals surface area contributed by atoms with Crippen LogP contribution in [0, 0.1) is 0 Å². The van der Waals surface area contributed by atoms with Gasteiger partial charge >= 0.3 is 0 Å². The van der Waals surface area contributed by atoms with Gasteiger partial charge in [-0.25, -0.2) is 0 Å². The van der Waals surface area contributed by atoms with Crippen molar-refractivity contribution >= 4 is 22.9 Å². The fourth-order valence-corrected chi connectivity index (χ4v) is 4.87. The standard InChI is InChI=1S/C21H21ClN2S/c22-18-6-4-17(5-7-18)21(10-2-11-21)20(19-3-1-14-25-19)24-15-16-8-12-23-13-9-16/h1,3-9,12-14,20,24H,2,10-11,15H2. The van der Waals surface area contributed by atoms with E-state index < -0.39 is 0 Å². The lowest BCUT2D eigenvalue weighted by Crippen LogP contribution is -2.46. The average molecular weight is 369 g/mol. The first-order valence-electron chi connectivity index (χ1n) is 8.70. The molecule has 2 nitrogen and oxygen atoms in total. The zero-order valence-electron chi connectivity index (χ0n) is 14.0. The maximum atomic E-state index is 6.12. The van der Waals surface area contributed by atoms with Gasteiger partial charge in [-0.15, -0.1) is 11.3 Å². The van der Waals surface area contributed by atoms with Crippen molar-refractivity contribution in [2.45, 2.75) is 37.3 Å². The highest BCUT2D eigenvalue weighted by Crippen LogP contribution is 2.53. The van der Waals surface area contributed by atoms with E-state index in [1.54, 1.807) is 0 Å². The van der Waals surface area contributed by atoms with Crippen LogP contribution in [0.2, 0.25) is 5.02 Å². The molecule has 1 saturated carbocycles. The highest BCUT2D eigenvalue weighted by atomic mass is 35.5. The van der Waals surface area contributed by atoms with Gasteiger partial charge in [0.2, 0.25) is 0 Å². The summed E-state index contributed by atoms with van der Waals surface area (Å²) in [6.45, 7) is 0.848. The van der Waals surface area contributed by atoms with Crippen LogP contribution in [-0.2, 0) is 12.0 Å². The quantitative estimate of drug-likeness (QED) is 0.599. The summed E-state index contributed by atoms with van der Waals surface area (Å²) >= 11 is 7.96. The van der Waals surface area contributed by atoms with Gasteiger partial charge in [0.1, 0.15) is 0 Å². The van der Waals surface area contributed by atoms with Gasteiger partial charge in [0.15, 0.2) is 0 Å². The number of rotatable bonds is 6. The van der Waals surface area contributed by atoms with Gasteiger partial charge in [0.25, 0.3) is 0 Å². The molecule has 1 fully saturated rings. The van der Waals surface area contributed by atoms with E-state index in [9.17, 15) is 0 Å². The maximum Gasteiger partial charge on any atom is 0.0515 e. The summed E-state index contributed by atoms with van der Waals surface area (Å²) in [6, 6.07) is 17.3. The largest absolute Gasteiger partial charge is 0.304 e. The Morgan fingerprint density at radius 3 is 2.44 bits per heavy atom. The van der Waals surface area contributed by atoms with Crippen LogP contribution in [0.25, 0.3) is 0 Å². The van der Waals surface area contributed by atoms with Crippen LogP contribution >= 0.6 is 22.9 Å². The Labute approximate surface area is 157 Å². The minimum absolute atomic E-state index is 0.155. The number of hydrogen-bond donors (Lipinski definition) is 1. The van der Waals surface area contributed by atoms with Crippen LogP contribution in [0.3, 0.4) is 0 Å². The summed E-state index contributed by atoms with van der Waals surface area (Å²) in [5.74, 6) is 0. The Balaban J connectivity index is 1.65. The average Bonchev–Trinajstić information content (AvgIpc) is 3.13. The zero-order valence-corrected chi connectivity index (χ0v) is 15.6. The normalized spacial score (nSPS) is 17.0. The molecular weight excluding hydrogens is 348 g/mol. The third-order valence-electron chi connectivity index (χ3n) is 5.30. The molecule has 4 rings (SSSR count). The fourth-order valence-electron chi connectivity index (χ4n) is 3.83. The number of nitrogens with zero attached hydrogens (tertiary/aromatic N) is 1. The molecule has 3 aromatic rings. The number of benzene rings is 1. The minimum Gasteiger partial charge on any atom is -0.304 e. The fraction of sp³-hybridized carbons (Fsp3) is 0.286. The Bertz CT molecular complexity index is 796. The first kappa shape index (κ1) is 16.8. The molecule has 1 atom stereocenters. The Morgan fingerprint density at radius 1 is 1.08 bits per heavy atom. The van der Waals surface area contributed by atoms with E-state index >= 15 is 0 Å². The molecule has 2 aromatic heterocycles. The molecule has 128 valence electrons. The molecule has 0 aliphatic heterocycles. The van der Waals surface area contributed by atoms with Crippen LogP contribution in [0.1, 0.15) is 41.3 Å². The molecule has 0 amide bonds. The van der Waals surface area contributed by atoms with Crippen molar-refractivity contribution in [1.82, 2.24) is 10.3 Å². The van der Waals surface area contributed by atoms with E-state index in [1.165, 1.54) is 35.3 Å². The monoisotopic (exact) mass is 368 g/mol. The van der Waals surface area contributed by atoms with Crippen LogP contribution in [-0.4, -0.2) is 4.98 Å². The summed E-state index contributed by atoms with van der Waals surface area (Å²) in [5.41, 5.74) is 2.81. The second-order valence-corrected chi connectivity index (χ2v) is 8.12. The highest BCUT2D eigenvalue weighted by Gasteiger charge is 2.46. The van der Waals surface area contributed by atoms with E-state index in [1.807, 2.05) is 35.9 Å². The van der Waals surface area contributed by atoms with Crippen LogP contribution in [0.5, 0.6) is 0 Å². The topological polar surface area (TPSA) is 24.9 Å². The van der Waals surface area contributed by atoms with E-state index in [2.05, 4.69) is 52.1 Å². The number of thiophene rings is 1. The van der Waals surface area contributed by atoms with Gasteiger partial charge in [-0.05, 0) is 59.7 Å². The lowest BCUT2D eigenvalue weighted by molar-refractivity contribution is 0.170. The number of pyridine rings is 1. The molecular formula is C21H21ClN2S. The molecule has 25 heavy (non-hydrogen) atoms. The molecule has 0 saturated heterocycles. The molecule has 0 radical (unpaired) electrons. The summed E-state index contributed by atoms with van der Waals surface area (Å²) in [5, 5.41) is 6.82. The third-order valence-corrected chi connectivity index (χ3v) is 6.49. The van der Waals surface area contributed by atoms with E-state index in [-0.39, 0.29) is 5.41 Å². The van der Waals surface area contributed by atoms with Crippen molar-refractivity contribution < 1.29 is 0 Å². The van der Waals surface area contributed by atoms with Crippen molar-refractivity contribution in [2.75, 3.05) is 0 Å². The minimum atomic E-state index is 0.155. The van der Waals surface area contributed by atoms with Gasteiger partial charge < -0.3 is 5.32 Å². The van der Waals surface area contributed by atoms with E-state index in [4.69, 9.17) is 11.6 Å². The lowest BCUT2D eigenvalue weighted by Gasteiger charge is -2.48. The smallest absolute Gasteiger partial charge is 0.0515 e. The number of nitrogens with one attached hydrogen (secondary N) is 1. The molecule has 1 N–H and O–H groups in total. The molecule has 1 unspecified atom stereocenters. The summed E-state index contributed by atoms with van der Waals surface area (Å²) in [7, 11) is 0.